The van der Waals surface area contributed by atoms with Crippen molar-refractivity contribution in [1.29, 1.82) is 0 Å². The number of nitrogens with zero attached hydrogens (tertiary/aromatic N) is 1. The molecular formula is C15H18ClNO3. The quantitative estimate of drug-likeness (QED) is 0.908. The van der Waals surface area contributed by atoms with Crippen molar-refractivity contribution in [3.05, 3.63) is 34.9 Å². The Kier molecular flexibility index (Phi) is 4.33. The largest absolute Gasteiger partial charge is 0.480 e. The van der Waals surface area contributed by atoms with Crippen molar-refractivity contribution in [3.63, 3.8) is 0 Å². The van der Waals surface area contributed by atoms with Crippen molar-refractivity contribution in [3.8, 4) is 0 Å². The molecule has 1 saturated carbocycles. The summed E-state index contributed by atoms with van der Waals surface area (Å²) >= 11 is 6.02. The molecule has 1 amide bonds. The number of carbonyl (C=O) groups is 2. The Bertz CT molecular complexity index is 526. The molecule has 0 heterocycles. The number of carboxylic acid groups (broad SMARTS) is 1. The molecule has 1 aliphatic rings. The van der Waals surface area contributed by atoms with Crippen LogP contribution in [0.3, 0.4) is 0 Å². The average Bonchev–Trinajstić information content (AvgIpc) is 2.34. The molecule has 0 spiro atoms. The Balaban J connectivity index is 2.30. The third-order valence-corrected chi connectivity index (χ3v) is 4.22. The van der Waals surface area contributed by atoms with Crippen LogP contribution >= 0.6 is 11.6 Å². The van der Waals surface area contributed by atoms with Crippen LogP contribution in [0, 0.1) is 0 Å². The van der Waals surface area contributed by atoms with E-state index >= 15 is 0 Å². The second-order valence-electron chi connectivity index (χ2n) is 5.16. The molecule has 0 bridgehead atoms. The van der Waals surface area contributed by atoms with Gasteiger partial charge < -0.3 is 10.0 Å². The molecule has 1 aromatic rings. The Morgan fingerprint density at radius 1 is 1.40 bits per heavy atom. The van der Waals surface area contributed by atoms with E-state index in [4.69, 9.17) is 16.7 Å². The maximum atomic E-state index is 12.7. The molecular weight excluding hydrogens is 278 g/mol. The molecule has 0 radical (unpaired) electrons. The molecule has 5 heteroatoms. The second-order valence-corrected chi connectivity index (χ2v) is 5.60. The van der Waals surface area contributed by atoms with Crippen LogP contribution in [-0.4, -0.2) is 35.0 Å². The SMILES string of the molecule is CCN(CC(=O)O)C(=O)C1(c2cccc(Cl)c2)CCC1. The summed E-state index contributed by atoms with van der Waals surface area (Å²) < 4.78 is 0. The third kappa shape index (κ3) is 2.66. The maximum absolute atomic E-state index is 12.7. The van der Waals surface area contributed by atoms with Crippen LogP contribution in [0.4, 0.5) is 0 Å². The van der Waals surface area contributed by atoms with E-state index in [0.717, 1.165) is 24.8 Å². The minimum absolute atomic E-state index is 0.101. The molecule has 1 aromatic carbocycles. The lowest BCUT2D eigenvalue weighted by Crippen LogP contribution is -2.52. The Morgan fingerprint density at radius 2 is 2.10 bits per heavy atom. The fourth-order valence-electron chi connectivity index (χ4n) is 2.74. The van der Waals surface area contributed by atoms with Crippen molar-refractivity contribution >= 4 is 23.5 Å². The van der Waals surface area contributed by atoms with Gasteiger partial charge in [0.05, 0.1) is 5.41 Å². The molecule has 0 atom stereocenters. The van der Waals surface area contributed by atoms with Crippen LogP contribution in [0.25, 0.3) is 0 Å². The molecule has 108 valence electrons. The fraction of sp³-hybridized carbons (Fsp3) is 0.467. The monoisotopic (exact) mass is 295 g/mol. The molecule has 0 aliphatic heterocycles. The minimum Gasteiger partial charge on any atom is -0.480 e. The number of halogens is 1. The predicted octanol–water partition coefficient (Wildman–Crippen LogP) is 2.69. The Labute approximate surface area is 123 Å². The molecule has 0 saturated heterocycles. The van der Waals surface area contributed by atoms with Gasteiger partial charge in [-0.05, 0) is 37.5 Å². The second kappa shape index (κ2) is 5.83. The number of likely N-dealkylation sites (N-methyl/N-ethyl adjacent to an activating group) is 1. The summed E-state index contributed by atoms with van der Waals surface area (Å²) in [5.41, 5.74) is 0.307. The van der Waals surface area contributed by atoms with Crippen molar-refractivity contribution in [2.45, 2.75) is 31.6 Å². The lowest BCUT2D eigenvalue weighted by Gasteiger charge is -2.43. The van der Waals surface area contributed by atoms with Crippen LogP contribution in [-0.2, 0) is 15.0 Å². The molecule has 1 N–H and O–H groups in total. The Hall–Kier alpha value is -1.55. The molecule has 20 heavy (non-hydrogen) atoms. The highest BCUT2D eigenvalue weighted by Gasteiger charge is 2.47. The average molecular weight is 296 g/mol. The summed E-state index contributed by atoms with van der Waals surface area (Å²) in [6, 6.07) is 7.32. The lowest BCUT2D eigenvalue weighted by atomic mass is 9.63. The van der Waals surface area contributed by atoms with Gasteiger partial charge in [0.15, 0.2) is 0 Å². The standard InChI is InChI=1S/C15H18ClNO3/c1-2-17(10-13(18)19)14(20)15(7-4-8-15)11-5-3-6-12(16)9-11/h3,5-6,9H,2,4,7-8,10H2,1H3,(H,18,19). The fourth-order valence-corrected chi connectivity index (χ4v) is 2.93. The van der Waals surface area contributed by atoms with E-state index in [1.165, 1.54) is 4.90 Å². The van der Waals surface area contributed by atoms with E-state index in [0.29, 0.717) is 11.6 Å². The number of benzene rings is 1. The first-order valence-corrected chi connectivity index (χ1v) is 7.14. The highest BCUT2D eigenvalue weighted by atomic mass is 35.5. The van der Waals surface area contributed by atoms with Crippen LogP contribution < -0.4 is 0 Å². The minimum atomic E-state index is -0.985. The van der Waals surface area contributed by atoms with Gasteiger partial charge in [-0.2, -0.15) is 0 Å². The summed E-state index contributed by atoms with van der Waals surface area (Å²) in [6.45, 7) is 1.94. The Morgan fingerprint density at radius 3 is 2.55 bits per heavy atom. The van der Waals surface area contributed by atoms with Crippen LogP contribution in [0.15, 0.2) is 24.3 Å². The summed E-state index contributed by atoms with van der Waals surface area (Å²) in [5, 5.41) is 9.52. The van der Waals surface area contributed by atoms with Gasteiger partial charge in [0, 0.05) is 11.6 Å². The number of aliphatic carboxylic acids is 1. The van der Waals surface area contributed by atoms with Crippen LogP contribution in [0.1, 0.15) is 31.7 Å². The van der Waals surface area contributed by atoms with Crippen molar-refractivity contribution in [1.82, 2.24) is 4.90 Å². The van der Waals surface area contributed by atoms with Gasteiger partial charge in [-0.3, -0.25) is 9.59 Å². The van der Waals surface area contributed by atoms with Crippen LogP contribution in [0.2, 0.25) is 5.02 Å². The van der Waals surface area contributed by atoms with E-state index in [1.807, 2.05) is 18.2 Å². The summed E-state index contributed by atoms with van der Waals surface area (Å²) in [4.78, 5) is 25.0. The highest BCUT2D eigenvalue weighted by molar-refractivity contribution is 6.30. The van der Waals surface area contributed by atoms with Crippen molar-refractivity contribution in [2.24, 2.45) is 0 Å². The van der Waals surface area contributed by atoms with Gasteiger partial charge in [0.25, 0.3) is 0 Å². The van der Waals surface area contributed by atoms with Gasteiger partial charge in [0.1, 0.15) is 6.54 Å². The smallest absolute Gasteiger partial charge is 0.323 e. The van der Waals surface area contributed by atoms with Gasteiger partial charge >= 0.3 is 5.97 Å². The van der Waals surface area contributed by atoms with E-state index < -0.39 is 11.4 Å². The first-order chi connectivity index (χ1) is 9.49. The number of carboxylic acids is 1. The zero-order valence-corrected chi connectivity index (χ0v) is 12.2. The topological polar surface area (TPSA) is 57.6 Å². The van der Waals surface area contributed by atoms with Gasteiger partial charge in [-0.15, -0.1) is 0 Å². The van der Waals surface area contributed by atoms with E-state index in [2.05, 4.69) is 0 Å². The summed E-state index contributed by atoms with van der Waals surface area (Å²) in [5.74, 6) is -1.09. The van der Waals surface area contributed by atoms with Crippen molar-refractivity contribution < 1.29 is 14.7 Å². The summed E-state index contributed by atoms with van der Waals surface area (Å²) in [7, 11) is 0. The van der Waals surface area contributed by atoms with Crippen molar-refractivity contribution in [2.75, 3.05) is 13.1 Å². The van der Waals surface area contributed by atoms with Crippen LogP contribution in [0.5, 0.6) is 0 Å². The predicted molar refractivity (Wildman–Crippen MR) is 76.9 cm³/mol. The molecule has 1 fully saturated rings. The zero-order chi connectivity index (χ0) is 14.8. The summed E-state index contributed by atoms with van der Waals surface area (Å²) in [6.07, 6.45) is 2.48. The van der Waals surface area contributed by atoms with Gasteiger partial charge in [-0.1, -0.05) is 30.2 Å². The molecule has 0 unspecified atom stereocenters. The number of carbonyl (C=O) groups excluding carboxylic acids is 1. The first kappa shape index (κ1) is 14.9. The molecule has 0 aromatic heterocycles. The lowest BCUT2D eigenvalue weighted by molar-refractivity contribution is -0.149. The number of amides is 1. The van der Waals surface area contributed by atoms with Gasteiger partial charge in [0.2, 0.25) is 5.91 Å². The number of hydrogen-bond acceptors (Lipinski definition) is 2. The normalized spacial score (nSPS) is 16.3. The molecule has 4 nitrogen and oxygen atoms in total. The molecule has 1 aliphatic carbocycles. The number of rotatable bonds is 5. The molecule has 2 rings (SSSR count). The van der Waals surface area contributed by atoms with E-state index in [1.54, 1.807) is 13.0 Å². The third-order valence-electron chi connectivity index (χ3n) is 3.99. The zero-order valence-electron chi connectivity index (χ0n) is 11.4. The maximum Gasteiger partial charge on any atom is 0.323 e. The van der Waals surface area contributed by atoms with Gasteiger partial charge in [-0.25, -0.2) is 0 Å². The first-order valence-electron chi connectivity index (χ1n) is 6.77. The van der Waals surface area contributed by atoms with E-state index in [-0.39, 0.29) is 12.5 Å². The van der Waals surface area contributed by atoms with E-state index in [9.17, 15) is 9.59 Å². The highest BCUT2D eigenvalue weighted by Crippen LogP contribution is 2.45. The number of hydrogen-bond donors (Lipinski definition) is 1.